The number of benzene rings is 4. The van der Waals surface area contributed by atoms with Crippen LogP contribution in [0.4, 0.5) is 22.0 Å². The minimum atomic E-state index is -0.956. The highest BCUT2D eigenvalue weighted by Gasteiger charge is 2.12. The number of fused-ring (bicyclic) bond motifs is 1. The lowest BCUT2D eigenvalue weighted by Gasteiger charge is -2.08. The zero-order valence-electron chi connectivity index (χ0n) is 19.9. The summed E-state index contributed by atoms with van der Waals surface area (Å²) >= 11 is 0. The van der Waals surface area contributed by atoms with Crippen LogP contribution in [0.3, 0.4) is 0 Å². The van der Waals surface area contributed by atoms with E-state index in [-0.39, 0.29) is 23.2 Å². The first-order valence-electron chi connectivity index (χ1n) is 12.0. The van der Waals surface area contributed by atoms with Gasteiger partial charge in [-0.1, -0.05) is 55.9 Å². The van der Waals surface area contributed by atoms with Crippen LogP contribution in [0, 0.1) is 40.9 Å². The molecule has 5 heteroatoms. The second kappa shape index (κ2) is 11.4. The number of rotatable bonds is 7. The minimum absolute atomic E-state index is 0.102. The fraction of sp³-hybridized carbons (Fsp3) is 0.226. The molecule has 4 aromatic rings. The maximum atomic E-state index is 14.7. The van der Waals surface area contributed by atoms with Crippen LogP contribution in [-0.4, -0.2) is 0 Å². The van der Waals surface area contributed by atoms with Crippen LogP contribution in [0.1, 0.15) is 54.0 Å². The molecular formula is C31H25F5. The van der Waals surface area contributed by atoms with Crippen LogP contribution >= 0.6 is 0 Å². The Bertz CT molecular complexity index is 1440. The smallest absolute Gasteiger partial charge is 0.166 e. The van der Waals surface area contributed by atoms with Crippen LogP contribution < -0.4 is 0 Å². The van der Waals surface area contributed by atoms with Crippen LogP contribution in [-0.2, 0) is 19.3 Å². The van der Waals surface area contributed by atoms with Crippen molar-refractivity contribution in [2.45, 2.75) is 45.4 Å². The summed E-state index contributed by atoms with van der Waals surface area (Å²) in [6.45, 7) is 2.12. The third-order valence-corrected chi connectivity index (χ3v) is 6.21. The van der Waals surface area contributed by atoms with E-state index in [9.17, 15) is 22.0 Å². The molecule has 4 rings (SSSR count). The maximum absolute atomic E-state index is 14.7. The molecule has 0 saturated heterocycles. The molecule has 0 aliphatic carbocycles. The van der Waals surface area contributed by atoms with Crippen molar-refractivity contribution >= 4 is 10.8 Å². The summed E-state index contributed by atoms with van der Waals surface area (Å²) in [5.41, 5.74) is 1.89. The Morgan fingerprint density at radius 3 is 2.08 bits per heavy atom. The van der Waals surface area contributed by atoms with E-state index >= 15 is 0 Å². The van der Waals surface area contributed by atoms with Crippen molar-refractivity contribution in [2.24, 2.45) is 0 Å². The van der Waals surface area contributed by atoms with Crippen molar-refractivity contribution in [2.75, 3.05) is 0 Å². The molecule has 0 fully saturated rings. The molecule has 184 valence electrons. The molecule has 0 N–H and O–H groups in total. The molecule has 0 heterocycles. The number of halogens is 5. The molecule has 0 unspecified atom stereocenters. The summed E-state index contributed by atoms with van der Waals surface area (Å²) in [6, 6.07) is 14.4. The summed E-state index contributed by atoms with van der Waals surface area (Å²) < 4.78 is 71.0. The average molecular weight is 493 g/mol. The quantitative estimate of drug-likeness (QED) is 0.138. The molecule has 0 atom stereocenters. The van der Waals surface area contributed by atoms with E-state index in [0.29, 0.717) is 28.5 Å². The maximum Gasteiger partial charge on any atom is 0.166 e. The standard InChI is InChI=1S/C31H25F5/c1-2-3-4-5-20-6-10-23(28(33)17-20)11-7-22-18-29(34)26(30(35)19-22)14-9-21-8-13-25-24(16-21)12-15-27(32)31(25)36/h6,8,10,12-13,15-19H,2-5,7,11H2,1H3. The lowest BCUT2D eigenvalue weighted by Crippen LogP contribution is -2.00. The highest BCUT2D eigenvalue weighted by Crippen LogP contribution is 2.22. The van der Waals surface area contributed by atoms with Gasteiger partial charge in [-0.25, -0.2) is 22.0 Å². The molecule has 0 bridgehead atoms. The minimum Gasteiger partial charge on any atom is -0.207 e. The van der Waals surface area contributed by atoms with Gasteiger partial charge >= 0.3 is 0 Å². The molecule has 36 heavy (non-hydrogen) atoms. The van der Waals surface area contributed by atoms with Crippen molar-refractivity contribution in [3.63, 3.8) is 0 Å². The van der Waals surface area contributed by atoms with Gasteiger partial charge in [-0.2, -0.15) is 0 Å². The van der Waals surface area contributed by atoms with Crippen molar-refractivity contribution in [1.82, 2.24) is 0 Å². The first-order chi connectivity index (χ1) is 17.4. The molecule has 0 nitrogen and oxygen atoms in total. The average Bonchev–Trinajstić information content (AvgIpc) is 2.85. The molecule has 0 spiro atoms. The Balaban J connectivity index is 1.47. The molecule has 0 amide bonds. The van der Waals surface area contributed by atoms with Gasteiger partial charge in [-0.15, -0.1) is 0 Å². The Hall–Kier alpha value is -3.65. The monoisotopic (exact) mass is 492 g/mol. The van der Waals surface area contributed by atoms with Gasteiger partial charge in [0.05, 0.1) is 5.56 Å². The predicted molar refractivity (Wildman–Crippen MR) is 133 cm³/mol. The van der Waals surface area contributed by atoms with Gasteiger partial charge in [0.2, 0.25) is 0 Å². The zero-order valence-corrected chi connectivity index (χ0v) is 19.9. The predicted octanol–water partition coefficient (Wildman–Crippen LogP) is 8.45. The van der Waals surface area contributed by atoms with Crippen LogP contribution in [0.5, 0.6) is 0 Å². The second-order valence-electron chi connectivity index (χ2n) is 8.86. The Kier molecular flexibility index (Phi) is 8.05. The zero-order chi connectivity index (χ0) is 25.7. The lowest BCUT2D eigenvalue weighted by atomic mass is 9.99. The van der Waals surface area contributed by atoms with E-state index in [4.69, 9.17) is 0 Å². The van der Waals surface area contributed by atoms with Gasteiger partial charge in [-0.3, -0.25) is 0 Å². The second-order valence-corrected chi connectivity index (χ2v) is 8.86. The molecule has 0 aliphatic heterocycles. The summed E-state index contributed by atoms with van der Waals surface area (Å²) in [5.74, 6) is 1.36. The van der Waals surface area contributed by atoms with Crippen molar-refractivity contribution < 1.29 is 22.0 Å². The number of hydrogen-bond acceptors (Lipinski definition) is 0. The fourth-order valence-electron chi connectivity index (χ4n) is 4.17. The van der Waals surface area contributed by atoms with E-state index in [1.165, 1.54) is 36.4 Å². The Morgan fingerprint density at radius 1 is 0.611 bits per heavy atom. The molecule has 0 radical (unpaired) electrons. The van der Waals surface area contributed by atoms with Gasteiger partial charge in [0.15, 0.2) is 11.6 Å². The Morgan fingerprint density at radius 2 is 1.36 bits per heavy atom. The van der Waals surface area contributed by atoms with Gasteiger partial charge in [0, 0.05) is 10.9 Å². The SMILES string of the molecule is CCCCCc1ccc(CCc2cc(F)c(C#Cc3ccc4c(F)c(F)ccc4c3)c(F)c2)c(F)c1. The number of hydrogen-bond donors (Lipinski definition) is 0. The summed E-state index contributed by atoms with van der Waals surface area (Å²) in [4.78, 5) is 0. The van der Waals surface area contributed by atoms with Gasteiger partial charge < -0.3 is 0 Å². The molecule has 0 aliphatic rings. The molecule has 4 aromatic carbocycles. The molecule has 0 saturated carbocycles. The normalized spacial score (nSPS) is 10.9. The van der Waals surface area contributed by atoms with Crippen LogP contribution in [0.15, 0.2) is 60.7 Å². The van der Waals surface area contributed by atoms with E-state index in [1.807, 2.05) is 6.07 Å². The van der Waals surface area contributed by atoms with E-state index in [0.717, 1.165) is 37.3 Å². The highest BCUT2D eigenvalue weighted by atomic mass is 19.2. The van der Waals surface area contributed by atoms with Gasteiger partial charge in [0.1, 0.15) is 17.5 Å². The molecule has 0 aromatic heterocycles. The van der Waals surface area contributed by atoms with E-state index < -0.39 is 23.3 Å². The number of unbranched alkanes of at least 4 members (excludes halogenated alkanes) is 2. The fourth-order valence-corrected chi connectivity index (χ4v) is 4.17. The van der Waals surface area contributed by atoms with Gasteiger partial charge in [0.25, 0.3) is 0 Å². The van der Waals surface area contributed by atoms with Crippen molar-refractivity contribution in [3.8, 4) is 11.8 Å². The van der Waals surface area contributed by atoms with Crippen molar-refractivity contribution in [3.05, 3.63) is 118 Å². The van der Waals surface area contributed by atoms with Gasteiger partial charge in [-0.05, 0) is 84.2 Å². The summed E-state index contributed by atoms with van der Waals surface area (Å²) in [6.07, 6.45) is 4.65. The first kappa shape index (κ1) is 25.4. The topological polar surface area (TPSA) is 0 Å². The van der Waals surface area contributed by atoms with Crippen LogP contribution in [0.25, 0.3) is 10.8 Å². The summed E-state index contributed by atoms with van der Waals surface area (Å²) in [5, 5.41) is 0.531. The van der Waals surface area contributed by atoms with Crippen LogP contribution in [0.2, 0.25) is 0 Å². The third kappa shape index (κ3) is 5.94. The summed E-state index contributed by atoms with van der Waals surface area (Å²) in [7, 11) is 0. The van der Waals surface area contributed by atoms with Crippen molar-refractivity contribution in [1.29, 1.82) is 0 Å². The largest absolute Gasteiger partial charge is 0.207 e. The Labute approximate surface area is 207 Å². The number of aryl methyl sites for hydroxylation is 3. The molecular weight excluding hydrogens is 467 g/mol. The highest BCUT2D eigenvalue weighted by molar-refractivity contribution is 5.84. The third-order valence-electron chi connectivity index (χ3n) is 6.21. The first-order valence-corrected chi connectivity index (χ1v) is 12.0. The lowest BCUT2D eigenvalue weighted by molar-refractivity contribution is 0.517. The van der Waals surface area contributed by atoms with E-state index in [2.05, 4.69) is 18.8 Å². The van der Waals surface area contributed by atoms with E-state index in [1.54, 1.807) is 12.1 Å².